The van der Waals surface area contributed by atoms with E-state index < -0.39 is 0 Å². The quantitative estimate of drug-likeness (QED) is 0.367. The van der Waals surface area contributed by atoms with E-state index in [1.807, 2.05) is 36.4 Å². The maximum atomic E-state index is 4.73. The Morgan fingerprint density at radius 2 is 1.68 bits per heavy atom. The summed E-state index contributed by atoms with van der Waals surface area (Å²) in [6, 6.07) is 20.5. The van der Waals surface area contributed by atoms with Crippen molar-refractivity contribution in [2.45, 2.75) is 30.3 Å². The van der Waals surface area contributed by atoms with Gasteiger partial charge in [0.15, 0.2) is 16.1 Å². The summed E-state index contributed by atoms with van der Waals surface area (Å²) >= 11 is 3.30. The molecule has 5 rings (SSSR count). The zero-order valence-electron chi connectivity index (χ0n) is 17.1. The number of anilines is 2. The van der Waals surface area contributed by atoms with Gasteiger partial charge in [-0.05, 0) is 50.2 Å². The number of benzene rings is 2. The number of thiazole rings is 1. The zero-order valence-corrected chi connectivity index (χ0v) is 18.8. The second-order valence-electron chi connectivity index (χ2n) is 7.48. The van der Waals surface area contributed by atoms with E-state index in [4.69, 9.17) is 4.98 Å². The predicted octanol–water partition coefficient (Wildman–Crippen LogP) is 5.36. The first-order valence-corrected chi connectivity index (χ1v) is 12.3. The van der Waals surface area contributed by atoms with Gasteiger partial charge in [0.25, 0.3) is 0 Å². The summed E-state index contributed by atoms with van der Waals surface area (Å²) in [6.07, 6.45) is 2.54. The molecule has 0 bridgehead atoms. The molecule has 0 atom stereocenters. The van der Waals surface area contributed by atoms with Gasteiger partial charge in [-0.2, -0.15) is 0 Å². The van der Waals surface area contributed by atoms with Crippen LogP contribution in [0.4, 0.5) is 10.8 Å². The second-order valence-corrected chi connectivity index (χ2v) is 9.28. The van der Waals surface area contributed by atoms with Crippen molar-refractivity contribution < 1.29 is 0 Å². The third kappa shape index (κ3) is 4.98. The molecule has 0 radical (unpaired) electrons. The van der Waals surface area contributed by atoms with E-state index in [1.54, 1.807) is 23.1 Å². The molecule has 1 aliphatic heterocycles. The molecule has 6 nitrogen and oxygen atoms in total. The molecule has 0 amide bonds. The van der Waals surface area contributed by atoms with Gasteiger partial charge in [0.1, 0.15) is 0 Å². The molecule has 1 N–H and O–H groups in total. The molecule has 158 valence electrons. The number of nitrogens with zero attached hydrogens (tertiary/aromatic N) is 5. The molecule has 2 aromatic heterocycles. The minimum Gasteiger partial charge on any atom is -0.332 e. The highest BCUT2D eigenvalue weighted by molar-refractivity contribution is 7.98. The van der Waals surface area contributed by atoms with Crippen LogP contribution in [-0.4, -0.2) is 37.7 Å². The summed E-state index contributed by atoms with van der Waals surface area (Å²) in [5.41, 5.74) is 3.19. The van der Waals surface area contributed by atoms with Crippen LogP contribution in [0.5, 0.6) is 0 Å². The fraction of sp³-hybridized carbons (Fsp3) is 0.261. The smallest absolute Gasteiger partial charge is 0.196 e. The van der Waals surface area contributed by atoms with E-state index in [-0.39, 0.29) is 0 Å². The first-order chi connectivity index (χ1) is 15.3. The summed E-state index contributed by atoms with van der Waals surface area (Å²) in [6.45, 7) is 3.12. The number of nitrogens with one attached hydrogen (secondary N) is 1. The van der Waals surface area contributed by atoms with Gasteiger partial charge in [-0.25, -0.2) is 4.98 Å². The van der Waals surface area contributed by atoms with Gasteiger partial charge in [0.05, 0.1) is 12.2 Å². The van der Waals surface area contributed by atoms with Crippen LogP contribution in [-0.2, 0) is 12.3 Å². The SMILES string of the molecule is c1ccc(Nc2nc(CSc3nnc(CN4CCCC4)n3-c3ccccc3)cs2)cc1. The minimum atomic E-state index is 0.752. The monoisotopic (exact) mass is 448 g/mol. The number of para-hydroxylation sites is 2. The number of aromatic nitrogens is 4. The highest BCUT2D eigenvalue weighted by Crippen LogP contribution is 2.28. The Hall–Kier alpha value is -2.68. The zero-order chi connectivity index (χ0) is 20.9. The summed E-state index contributed by atoms with van der Waals surface area (Å²) in [4.78, 5) is 7.19. The molecule has 2 aromatic carbocycles. The van der Waals surface area contributed by atoms with E-state index in [0.717, 1.165) is 58.6 Å². The number of hydrogen-bond acceptors (Lipinski definition) is 7. The van der Waals surface area contributed by atoms with Crippen LogP contribution in [0.25, 0.3) is 5.69 Å². The summed E-state index contributed by atoms with van der Waals surface area (Å²) < 4.78 is 2.19. The molecular formula is C23H24N6S2. The lowest BCUT2D eigenvalue weighted by molar-refractivity contribution is 0.319. The molecule has 1 saturated heterocycles. The number of thioether (sulfide) groups is 1. The lowest BCUT2D eigenvalue weighted by Crippen LogP contribution is -2.21. The van der Waals surface area contributed by atoms with Crippen LogP contribution in [0, 0.1) is 0 Å². The first-order valence-electron chi connectivity index (χ1n) is 10.5. The molecule has 0 aliphatic carbocycles. The van der Waals surface area contributed by atoms with Crippen LogP contribution in [0.15, 0.2) is 71.2 Å². The highest BCUT2D eigenvalue weighted by Gasteiger charge is 2.19. The fourth-order valence-corrected chi connectivity index (χ4v) is 5.39. The van der Waals surface area contributed by atoms with Crippen molar-refractivity contribution >= 4 is 33.9 Å². The standard InChI is InChI=1S/C23H24N6S2/c1-3-9-18(10-4-1)24-22-25-19(16-30-22)17-31-23-27-26-21(15-28-13-7-8-14-28)29(23)20-11-5-2-6-12-20/h1-6,9-12,16H,7-8,13-15,17H2,(H,24,25). The van der Waals surface area contributed by atoms with Crippen molar-refractivity contribution in [1.82, 2.24) is 24.6 Å². The molecule has 1 aliphatic rings. The van der Waals surface area contributed by atoms with Crippen molar-refractivity contribution in [1.29, 1.82) is 0 Å². The Bertz CT molecular complexity index is 1100. The Morgan fingerprint density at radius 3 is 2.45 bits per heavy atom. The summed E-state index contributed by atoms with van der Waals surface area (Å²) in [5, 5.41) is 16.4. The van der Waals surface area contributed by atoms with Gasteiger partial charge in [-0.15, -0.1) is 21.5 Å². The third-order valence-electron chi connectivity index (χ3n) is 5.20. The van der Waals surface area contributed by atoms with Crippen LogP contribution >= 0.6 is 23.1 Å². The van der Waals surface area contributed by atoms with Crippen LogP contribution in [0.3, 0.4) is 0 Å². The van der Waals surface area contributed by atoms with Gasteiger partial charge in [-0.3, -0.25) is 9.47 Å². The van der Waals surface area contributed by atoms with E-state index in [9.17, 15) is 0 Å². The molecule has 0 unspecified atom stereocenters. The van der Waals surface area contributed by atoms with Gasteiger partial charge in [0, 0.05) is 22.5 Å². The van der Waals surface area contributed by atoms with E-state index in [0.29, 0.717) is 0 Å². The molecule has 8 heteroatoms. The lowest BCUT2D eigenvalue weighted by Gasteiger charge is -2.15. The van der Waals surface area contributed by atoms with Crippen molar-refractivity contribution in [2.24, 2.45) is 0 Å². The molecule has 3 heterocycles. The maximum absolute atomic E-state index is 4.73. The maximum Gasteiger partial charge on any atom is 0.196 e. The molecular weight excluding hydrogens is 424 g/mol. The van der Waals surface area contributed by atoms with E-state index >= 15 is 0 Å². The van der Waals surface area contributed by atoms with Crippen LogP contribution < -0.4 is 5.32 Å². The third-order valence-corrected chi connectivity index (χ3v) is 6.97. The van der Waals surface area contributed by atoms with E-state index in [1.165, 1.54) is 12.8 Å². The van der Waals surface area contributed by atoms with Gasteiger partial charge in [-0.1, -0.05) is 48.2 Å². The van der Waals surface area contributed by atoms with Crippen molar-refractivity contribution in [2.75, 3.05) is 18.4 Å². The molecule has 0 saturated carbocycles. The summed E-state index contributed by atoms with van der Waals surface area (Å²) in [5.74, 6) is 1.75. The fourth-order valence-electron chi connectivity index (χ4n) is 3.69. The van der Waals surface area contributed by atoms with E-state index in [2.05, 4.69) is 54.6 Å². The number of rotatable bonds is 8. The average Bonchev–Trinajstić information content (AvgIpc) is 3.56. The Labute approximate surface area is 190 Å². The summed E-state index contributed by atoms with van der Waals surface area (Å²) in [7, 11) is 0. The number of likely N-dealkylation sites (tertiary alicyclic amines) is 1. The Balaban J connectivity index is 1.31. The molecule has 0 spiro atoms. The van der Waals surface area contributed by atoms with Crippen molar-refractivity contribution in [3.8, 4) is 5.69 Å². The molecule has 1 fully saturated rings. The van der Waals surface area contributed by atoms with Gasteiger partial charge >= 0.3 is 0 Å². The second kappa shape index (κ2) is 9.64. The average molecular weight is 449 g/mol. The van der Waals surface area contributed by atoms with Gasteiger partial charge in [0.2, 0.25) is 0 Å². The number of hydrogen-bond donors (Lipinski definition) is 1. The largest absolute Gasteiger partial charge is 0.332 e. The molecule has 31 heavy (non-hydrogen) atoms. The van der Waals surface area contributed by atoms with Crippen molar-refractivity contribution in [3.05, 3.63) is 77.6 Å². The Morgan fingerprint density at radius 1 is 0.935 bits per heavy atom. The Kier molecular flexibility index (Phi) is 6.29. The normalized spacial score (nSPS) is 14.2. The van der Waals surface area contributed by atoms with Crippen LogP contribution in [0.2, 0.25) is 0 Å². The minimum absolute atomic E-state index is 0.752. The highest BCUT2D eigenvalue weighted by atomic mass is 32.2. The first kappa shape index (κ1) is 20.2. The molecule has 4 aromatic rings. The topological polar surface area (TPSA) is 58.9 Å². The van der Waals surface area contributed by atoms with Gasteiger partial charge < -0.3 is 5.32 Å². The van der Waals surface area contributed by atoms with Crippen LogP contribution in [0.1, 0.15) is 24.4 Å². The van der Waals surface area contributed by atoms with Crippen molar-refractivity contribution in [3.63, 3.8) is 0 Å². The lowest BCUT2D eigenvalue weighted by atomic mass is 10.3. The predicted molar refractivity (Wildman–Crippen MR) is 127 cm³/mol.